The topological polar surface area (TPSA) is 42.2 Å². The maximum atomic E-state index is 4.75. The Balaban J connectivity index is 1.65. The van der Waals surface area contributed by atoms with E-state index in [1.807, 2.05) is 6.92 Å². The van der Waals surface area contributed by atoms with Gasteiger partial charge in [-0.2, -0.15) is 0 Å². The third-order valence-electron chi connectivity index (χ3n) is 3.24. The summed E-state index contributed by atoms with van der Waals surface area (Å²) in [4.78, 5) is 10.3. The summed E-state index contributed by atoms with van der Waals surface area (Å²) in [6.07, 6.45) is 4.72. The van der Waals surface area contributed by atoms with E-state index < -0.39 is 0 Å². The molecular formula is C13H14N4S3. The predicted molar refractivity (Wildman–Crippen MR) is 83.9 cm³/mol. The molecule has 1 N–H and O–H groups in total. The molecule has 1 aliphatic carbocycles. The minimum absolute atomic E-state index is 0.708. The largest absolute Gasteiger partial charge is 0.308 e. The van der Waals surface area contributed by atoms with Gasteiger partial charge in [-0.05, 0) is 31.5 Å². The minimum atomic E-state index is 0.708. The zero-order chi connectivity index (χ0) is 13.5. The molecule has 4 nitrogen and oxygen atoms in total. The number of fused-ring (bicyclic) bond motifs is 1. The highest BCUT2D eigenvalue weighted by atomic mass is 32.2. The first kappa shape index (κ1) is 12.8. The van der Waals surface area contributed by atoms with Gasteiger partial charge in [0, 0.05) is 35.2 Å². The molecule has 20 heavy (non-hydrogen) atoms. The van der Waals surface area contributed by atoms with Crippen molar-refractivity contribution < 1.29 is 0 Å². The molecule has 0 unspecified atom stereocenters. The van der Waals surface area contributed by atoms with E-state index in [-0.39, 0.29) is 0 Å². The number of thiazole rings is 2. The van der Waals surface area contributed by atoms with Crippen molar-refractivity contribution in [3.8, 4) is 0 Å². The van der Waals surface area contributed by atoms with Gasteiger partial charge in [0.2, 0.25) is 0 Å². The lowest BCUT2D eigenvalue weighted by molar-refractivity contribution is 0.661. The van der Waals surface area contributed by atoms with Gasteiger partial charge < -0.3 is 5.32 Å². The highest BCUT2D eigenvalue weighted by molar-refractivity contribution is 8.01. The highest BCUT2D eigenvalue weighted by Gasteiger charge is 2.22. The standard InChI is InChI=1S/C13H14N4S3/c1-8-7-19-13(15-8)20-11-10(6-14-9-2-3-9)17-4-5-18-12(17)16-11/h4-5,7,9,14H,2-3,6H2,1H3. The van der Waals surface area contributed by atoms with Crippen LogP contribution in [0.25, 0.3) is 4.96 Å². The molecule has 7 heteroatoms. The molecule has 4 rings (SSSR count). The summed E-state index contributed by atoms with van der Waals surface area (Å²) in [6.45, 7) is 2.91. The van der Waals surface area contributed by atoms with Gasteiger partial charge in [0.15, 0.2) is 9.30 Å². The third-order valence-corrected chi connectivity index (χ3v) is 6.08. The molecule has 0 aliphatic heterocycles. The number of nitrogens with one attached hydrogen (secondary N) is 1. The molecule has 3 aromatic heterocycles. The Morgan fingerprint density at radius 2 is 2.30 bits per heavy atom. The van der Waals surface area contributed by atoms with E-state index in [1.54, 1.807) is 34.4 Å². The van der Waals surface area contributed by atoms with Gasteiger partial charge in [0.05, 0.1) is 5.69 Å². The van der Waals surface area contributed by atoms with Crippen LogP contribution in [0.2, 0.25) is 0 Å². The Hall–Kier alpha value is -0.890. The number of imidazole rings is 1. The van der Waals surface area contributed by atoms with E-state index >= 15 is 0 Å². The lowest BCUT2D eigenvalue weighted by Gasteiger charge is -2.04. The van der Waals surface area contributed by atoms with Crippen molar-refractivity contribution in [2.75, 3.05) is 0 Å². The van der Waals surface area contributed by atoms with Gasteiger partial charge >= 0.3 is 0 Å². The molecule has 1 fully saturated rings. The molecule has 0 aromatic carbocycles. The van der Waals surface area contributed by atoms with E-state index in [2.05, 4.69) is 31.7 Å². The van der Waals surface area contributed by atoms with Gasteiger partial charge in [0.25, 0.3) is 0 Å². The van der Waals surface area contributed by atoms with Gasteiger partial charge in [-0.25, -0.2) is 9.97 Å². The van der Waals surface area contributed by atoms with Crippen molar-refractivity contribution in [2.24, 2.45) is 0 Å². The van der Waals surface area contributed by atoms with Crippen molar-refractivity contribution in [1.82, 2.24) is 19.7 Å². The van der Waals surface area contributed by atoms with Crippen molar-refractivity contribution in [3.05, 3.63) is 28.3 Å². The minimum Gasteiger partial charge on any atom is -0.308 e. The van der Waals surface area contributed by atoms with Crippen molar-refractivity contribution >= 4 is 39.4 Å². The lowest BCUT2D eigenvalue weighted by Crippen LogP contribution is -2.16. The quantitative estimate of drug-likeness (QED) is 0.780. The van der Waals surface area contributed by atoms with E-state index in [9.17, 15) is 0 Å². The predicted octanol–water partition coefficient (Wildman–Crippen LogP) is 3.56. The fourth-order valence-corrected chi connectivity index (χ4v) is 4.71. The number of hydrogen-bond acceptors (Lipinski definition) is 6. The van der Waals surface area contributed by atoms with Crippen LogP contribution in [0, 0.1) is 6.92 Å². The zero-order valence-electron chi connectivity index (χ0n) is 11.0. The number of rotatable bonds is 5. The lowest BCUT2D eigenvalue weighted by atomic mass is 10.4. The van der Waals surface area contributed by atoms with Gasteiger partial charge in [-0.1, -0.05) is 0 Å². The van der Waals surface area contributed by atoms with Gasteiger partial charge in [0.1, 0.15) is 5.03 Å². The Kier molecular flexibility index (Phi) is 3.30. The maximum absolute atomic E-state index is 4.75. The molecule has 3 aromatic rings. The van der Waals surface area contributed by atoms with E-state index in [0.717, 1.165) is 26.6 Å². The molecule has 1 saturated carbocycles. The summed E-state index contributed by atoms with van der Waals surface area (Å²) < 4.78 is 3.27. The van der Waals surface area contributed by atoms with Crippen LogP contribution in [0.3, 0.4) is 0 Å². The third kappa shape index (κ3) is 2.50. The summed E-state index contributed by atoms with van der Waals surface area (Å²) in [5, 5.41) is 8.84. The van der Waals surface area contributed by atoms with E-state index in [0.29, 0.717) is 6.04 Å². The number of hydrogen-bond donors (Lipinski definition) is 1. The first-order chi connectivity index (χ1) is 9.79. The van der Waals surface area contributed by atoms with Crippen LogP contribution >= 0.6 is 34.4 Å². The maximum Gasteiger partial charge on any atom is 0.194 e. The molecule has 0 radical (unpaired) electrons. The molecular weight excluding hydrogens is 308 g/mol. The SMILES string of the molecule is Cc1csc(Sc2nc3sccn3c2CNC2CC2)n1. The summed E-state index contributed by atoms with van der Waals surface area (Å²) in [5.74, 6) is 0. The normalized spacial score (nSPS) is 15.2. The summed E-state index contributed by atoms with van der Waals surface area (Å²) in [6, 6.07) is 0.708. The first-order valence-electron chi connectivity index (χ1n) is 6.57. The smallest absolute Gasteiger partial charge is 0.194 e. The van der Waals surface area contributed by atoms with Gasteiger partial charge in [-0.15, -0.1) is 22.7 Å². The molecule has 0 amide bonds. The molecule has 0 atom stereocenters. The van der Waals surface area contributed by atoms with Crippen LogP contribution < -0.4 is 5.32 Å². The number of aryl methyl sites for hydroxylation is 1. The summed E-state index contributed by atoms with van der Waals surface area (Å²) in [5.41, 5.74) is 2.34. The van der Waals surface area contributed by atoms with Crippen molar-refractivity contribution in [2.45, 2.75) is 41.7 Å². The zero-order valence-corrected chi connectivity index (χ0v) is 13.4. The number of nitrogens with zero attached hydrogens (tertiary/aromatic N) is 3. The Labute approximate surface area is 129 Å². The molecule has 104 valence electrons. The van der Waals surface area contributed by atoms with Crippen molar-refractivity contribution in [1.29, 1.82) is 0 Å². The average Bonchev–Trinajstić information content (AvgIpc) is 2.83. The molecule has 0 spiro atoms. The second-order valence-corrected chi connectivity index (χ2v) is 7.90. The highest BCUT2D eigenvalue weighted by Crippen LogP contribution is 2.34. The molecule has 3 heterocycles. The summed E-state index contributed by atoms with van der Waals surface area (Å²) >= 11 is 5.05. The molecule has 1 aliphatic rings. The summed E-state index contributed by atoms with van der Waals surface area (Å²) in [7, 11) is 0. The van der Waals surface area contributed by atoms with E-state index in [4.69, 9.17) is 4.98 Å². The van der Waals surface area contributed by atoms with Crippen LogP contribution in [0.1, 0.15) is 24.2 Å². The average molecular weight is 322 g/mol. The van der Waals surface area contributed by atoms with Crippen LogP contribution in [-0.4, -0.2) is 20.4 Å². The molecule has 0 saturated heterocycles. The number of aromatic nitrogens is 3. The van der Waals surface area contributed by atoms with Crippen LogP contribution in [-0.2, 0) is 6.54 Å². The second kappa shape index (κ2) is 5.14. The Morgan fingerprint density at radius 1 is 1.40 bits per heavy atom. The Morgan fingerprint density at radius 3 is 3.05 bits per heavy atom. The molecule has 0 bridgehead atoms. The van der Waals surface area contributed by atoms with Crippen molar-refractivity contribution in [3.63, 3.8) is 0 Å². The van der Waals surface area contributed by atoms with Gasteiger partial charge in [-0.3, -0.25) is 4.40 Å². The fourth-order valence-electron chi connectivity index (χ4n) is 2.05. The van der Waals surface area contributed by atoms with Crippen LogP contribution in [0.4, 0.5) is 0 Å². The van der Waals surface area contributed by atoms with Crippen LogP contribution in [0.5, 0.6) is 0 Å². The monoisotopic (exact) mass is 322 g/mol. The van der Waals surface area contributed by atoms with Crippen LogP contribution in [0.15, 0.2) is 26.3 Å². The fraction of sp³-hybridized carbons (Fsp3) is 0.385. The second-order valence-electron chi connectivity index (χ2n) is 4.93. The first-order valence-corrected chi connectivity index (χ1v) is 9.15. The Bertz CT molecular complexity index is 738. The van der Waals surface area contributed by atoms with E-state index in [1.165, 1.54) is 18.5 Å².